The SMILES string of the molecule is COc1ccc(N(C(=O)c2ccc(C(F)(F)F)cc2P)c2nc3ccccc3s2)cc1. The van der Waals surface area contributed by atoms with E-state index in [2.05, 4.69) is 14.2 Å². The second-order valence-electron chi connectivity index (χ2n) is 6.60. The van der Waals surface area contributed by atoms with Crippen LogP contribution in [0.25, 0.3) is 10.2 Å². The molecule has 1 aromatic heterocycles. The largest absolute Gasteiger partial charge is 0.497 e. The van der Waals surface area contributed by atoms with Gasteiger partial charge in [-0.3, -0.25) is 9.69 Å². The van der Waals surface area contributed by atoms with E-state index >= 15 is 0 Å². The van der Waals surface area contributed by atoms with Crippen LogP contribution in [0.3, 0.4) is 0 Å². The van der Waals surface area contributed by atoms with Crippen LogP contribution in [-0.2, 0) is 6.18 Å². The number of amides is 1. The number of rotatable bonds is 4. The Labute approximate surface area is 182 Å². The molecule has 0 aliphatic rings. The van der Waals surface area contributed by atoms with Gasteiger partial charge >= 0.3 is 6.18 Å². The number of hydrogen-bond acceptors (Lipinski definition) is 4. The fourth-order valence-corrected chi connectivity index (χ4v) is 4.44. The number of aromatic nitrogens is 1. The van der Waals surface area contributed by atoms with Crippen LogP contribution in [0, 0.1) is 0 Å². The number of para-hydroxylation sites is 1. The van der Waals surface area contributed by atoms with Gasteiger partial charge in [0.2, 0.25) is 0 Å². The number of benzene rings is 3. The minimum absolute atomic E-state index is 0.132. The molecule has 0 N–H and O–H groups in total. The summed E-state index contributed by atoms with van der Waals surface area (Å²) in [6, 6.07) is 17.3. The molecule has 0 aliphatic carbocycles. The third kappa shape index (κ3) is 4.27. The van der Waals surface area contributed by atoms with Crippen molar-refractivity contribution in [1.29, 1.82) is 0 Å². The van der Waals surface area contributed by atoms with Crippen molar-refractivity contribution in [1.82, 2.24) is 4.98 Å². The molecule has 4 nitrogen and oxygen atoms in total. The van der Waals surface area contributed by atoms with E-state index < -0.39 is 17.6 Å². The molecule has 4 rings (SSSR count). The van der Waals surface area contributed by atoms with Crippen LogP contribution in [0.2, 0.25) is 0 Å². The molecule has 0 bridgehead atoms. The number of carbonyl (C=O) groups excluding carboxylic acids is 1. The first-order chi connectivity index (χ1) is 14.8. The lowest BCUT2D eigenvalue weighted by atomic mass is 10.1. The average molecular weight is 460 g/mol. The Hall–Kier alpha value is -2.96. The van der Waals surface area contributed by atoms with Gasteiger partial charge in [0.25, 0.3) is 5.91 Å². The lowest BCUT2D eigenvalue weighted by Crippen LogP contribution is -2.29. The second kappa shape index (κ2) is 8.29. The summed E-state index contributed by atoms with van der Waals surface area (Å²) in [5.74, 6) is 0.129. The number of halogens is 3. The Balaban J connectivity index is 1.82. The van der Waals surface area contributed by atoms with Crippen molar-refractivity contribution >= 4 is 52.8 Å². The van der Waals surface area contributed by atoms with Gasteiger partial charge in [-0.25, -0.2) is 4.98 Å². The number of anilines is 2. The maximum atomic E-state index is 13.5. The quantitative estimate of drug-likeness (QED) is 0.362. The van der Waals surface area contributed by atoms with E-state index in [1.807, 2.05) is 24.3 Å². The average Bonchev–Trinajstić information content (AvgIpc) is 3.17. The maximum absolute atomic E-state index is 13.5. The van der Waals surface area contributed by atoms with Crippen LogP contribution >= 0.6 is 20.6 Å². The van der Waals surface area contributed by atoms with Crippen LogP contribution in [-0.4, -0.2) is 18.0 Å². The molecule has 0 fully saturated rings. The van der Waals surface area contributed by atoms with Crippen molar-refractivity contribution in [3.63, 3.8) is 0 Å². The number of hydrogen-bond donors (Lipinski definition) is 0. The van der Waals surface area contributed by atoms with Crippen molar-refractivity contribution < 1.29 is 22.7 Å². The number of nitrogens with zero attached hydrogens (tertiary/aromatic N) is 2. The molecule has 1 heterocycles. The van der Waals surface area contributed by atoms with Crippen LogP contribution in [0.5, 0.6) is 5.75 Å². The highest BCUT2D eigenvalue weighted by atomic mass is 32.1. The normalized spacial score (nSPS) is 11.5. The number of carbonyl (C=O) groups is 1. The summed E-state index contributed by atoms with van der Waals surface area (Å²) in [5.41, 5.74) is 0.569. The van der Waals surface area contributed by atoms with E-state index in [1.54, 1.807) is 24.3 Å². The molecule has 0 spiro atoms. The summed E-state index contributed by atoms with van der Waals surface area (Å²) in [5, 5.41) is 0.570. The monoisotopic (exact) mass is 460 g/mol. The van der Waals surface area contributed by atoms with Gasteiger partial charge in [-0.2, -0.15) is 13.2 Å². The first-order valence-electron chi connectivity index (χ1n) is 9.09. The van der Waals surface area contributed by atoms with Crippen molar-refractivity contribution in [3.8, 4) is 5.75 Å². The van der Waals surface area contributed by atoms with Gasteiger partial charge < -0.3 is 4.74 Å². The van der Waals surface area contributed by atoms with Crippen molar-refractivity contribution in [2.45, 2.75) is 6.18 Å². The molecule has 3 aromatic carbocycles. The van der Waals surface area contributed by atoms with Gasteiger partial charge in [-0.05, 0) is 59.9 Å². The number of fused-ring (bicyclic) bond motifs is 1. The lowest BCUT2D eigenvalue weighted by molar-refractivity contribution is -0.137. The van der Waals surface area contributed by atoms with Gasteiger partial charge in [0.1, 0.15) is 5.75 Å². The van der Waals surface area contributed by atoms with Gasteiger partial charge in [0.05, 0.1) is 28.6 Å². The third-order valence-electron chi connectivity index (χ3n) is 4.62. The third-order valence-corrected chi connectivity index (χ3v) is 6.12. The van der Waals surface area contributed by atoms with E-state index in [4.69, 9.17) is 4.74 Å². The highest BCUT2D eigenvalue weighted by Gasteiger charge is 2.32. The standard InChI is InChI=1S/C22H16F3N2O2PS/c1-29-15-9-7-14(8-10-15)27(21-26-17-4-2-3-5-19(17)31-21)20(28)16-11-6-13(12-18(16)30)22(23,24)25/h2-12H,30H2,1H3. The zero-order valence-corrected chi connectivity index (χ0v) is 18.2. The summed E-state index contributed by atoms with van der Waals surface area (Å²) >= 11 is 1.32. The molecule has 0 saturated heterocycles. The highest BCUT2D eigenvalue weighted by molar-refractivity contribution is 7.27. The summed E-state index contributed by atoms with van der Waals surface area (Å²) in [4.78, 5) is 19.5. The maximum Gasteiger partial charge on any atom is 0.416 e. The van der Waals surface area contributed by atoms with E-state index in [0.717, 1.165) is 22.3 Å². The van der Waals surface area contributed by atoms with E-state index in [0.29, 0.717) is 16.6 Å². The molecular weight excluding hydrogens is 444 g/mol. The molecule has 9 heteroatoms. The minimum Gasteiger partial charge on any atom is -0.497 e. The van der Waals surface area contributed by atoms with E-state index in [9.17, 15) is 18.0 Å². The van der Waals surface area contributed by atoms with Crippen LogP contribution in [0.1, 0.15) is 15.9 Å². The van der Waals surface area contributed by atoms with Crippen LogP contribution < -0.4 is 14.9 Å². The number of ether oxygens (including phenoxy) is 1. The molecule has 1 amide bonds. The smallest absolute Gasteiger partial charge is 0.416 e. The fourth-order valence-electron chi connectivity index (χ4n) is 3.06. The van der Waals surface area contributed by atoms with Crippen molar-refractivity contribution in [3.05, 3.63) is 77.9 Å². The topological polar surface area (TPSA) is 42.4 Å². The van der Waals surface area contributed by atoms with E-state index in [1.165, 1.54) is 29.4 Å². The molecule has 1 atom stereocenters. The Morgan fingerprint density at radius 3 is 2.39 bits per heavy atom. The van der Waals surface area contributed by atoms with Gasteiger partial charge in [-0.15, -0.1) is 9.24 Å². The minimum atomic E-state index is -4.49. The van der Waals surface area contributed by atoms with Gasteiger partial charge in [0, 0.05) is 5.56 Å². The number of alkyl halides is 3. The molecule has 31 heavy (non-hydrogen) atoms. The first kappa shape index (κ1) is 21.3. The zero-order chi connectivity index (χ0) is 22.2. The van der Waals surface area contributed by atoms with E-state index in [-0.39, 0.29) is 10.9 Å². The Bertz CT molecular complexity index is 1220. The molecule has 4 aromatic rings. The summed E-state index contributed by atoms with van der Waals surface area (Å²) in [6.45, 7) is 0. The highest BCUT2D eigenvalue weighted by Crippen LogP contribution is 2.36. The first-order valence-corrected chi connectivity index (χ1v) is 10.5. The number of thiazole rings is 1. The zero-order valence-electron chi connectivity index (χ0n) is 16.2. The molecular formula is C22H16F3N2O2PS. The fraction of sp³-hybridized carbons (Fsp3) is 0.0909. The predicted molar refractivity (Wildman–Crippen MR) is 120 cm³/mol. The van der Waals surface area contributed by atoms with Crippen molar-refractivity contribution in [2.75, 3.05) is 12.0 Å². The Morgan fingerprint density at radius 1 is 1.06 bits per heavy atom. The summed E-state index contributed by atoms with van der Waals surface area (Å²) < 4.78 is 45.2. The number of methoxy groups -OCH3 is 1. The van der Waals surface area contributed by atoms with Gasteiger partial charge in [-0.1, -0.05) is 23.5 Å². The lowest BCUT2D eigenvalue weighted by Gasteiger charge is -2.21. The molecule has 0 radical (unpaired) electrons. The second-order valence-corrected chi connectivity index (χ2v) is 8.23. The summed E-state index contributed by atoms with van der Waals surface area (Å²) in [7, 11) is 3.76. The Morgan fingerprint density at radius 2 is 1.77 bits per heavy atom. The van der Waals surface area contributed by atoms with Gasteiger partial charge in [0.15, 0.2) is 5.13 Å². The van der Waals surface area contributed by atoms with Crippen LogP contribution in [0.4, 0.5) is 24.0 Å². The predicted octanol–water partition coefficient (Wildman–Crippen LogP) is 5.80. The molecule has 158 valence electrons. The molecule has 0 aliphatic heterocycles. The summed E-state index contributed by atoms with van der Waals surface area (Å²) in [6.07, 6.45) is -4.49. The molecule has 1 unspecified atom stereocenters. The van der Waals surface area contributed by atoms with Crippen molar-refractivity contribution in [2.24, 2.45) is 0 Å². The molecule has 0 saturated carbocycles. The Kier molecular flexibility index (Phi) is 5.69. The van der Waals surface area contributed by atoms with Crippen LogP contribution in [0.15, 0.2) is 66.7 Å².